The number of nitrogens with zero attached hydrogens (tertiary/aromatic N) is 2. The Hall–Kier alpha value is -1.17. The van der Waals surface area contributed by atoms with Crippen LogP contribution in [0.3, 0.4) is 0 Å². The van der Waals surface area contributed by atoms with Crippen molar-refractivity contribution in [3.05, 3.63) is 57.0 Å². The van der Waals surface area contributed by atoms with E-state index in [4.69, 9.17) is 34.8 Å². The number of aliphatic hydroxyl groups excluding tert-OH is 1. The first-order chi connectivity index (χ1) is 15.4. The Kier molecular flexibility index (Phi) is 8.12. The molecule has 1 heterocycles. The predicted molar refractivity (Wildman–Crippen MR) is 137 cm³/mol. The van der Waals surface area contributed by atoms with E-state index in [1.165, 1.54) is 24.9 Å². The lowest BCUT2D eigenvalue weighted by atomic mass is 9.85. The molecule has 1 aliphatic carbocycles. The van der Waals surface area contributed by atoms with Crippen molar-refractivity contribution in [3.63, 3.8) is 0 Å². The van der Waals surface area contributed by atoms with Gasteiger partial charge >= 0.3 is 0 Å². The monoisotopic (exact) mass is 495 g/mol. The molecule has 1 saturated heterocycles. The van der Waals surface area contributed by atoms with Crippen LogP contribution in [0, 0.1) is 5.92 Å². The topological polar surface area (TPSA) is 38.7 Å². The van der Waals surface area contributed by atoms with Crippen molar-refractivity contribution in [1.82, 2.24) is 4.90 Å². The van der Waals surface area contributed by atoms with E-state index in [0.29, 0.717) is 33.6 Å². The molecule has 174 valence electrons. The fourth-order valence-electron chi connectivity index (χ4n) is 5.09. The summed E-state index contributed by atoms with van der Waals surface area (Å²) in [6.45, 7) is 6.52. The third-order valence-corrected chi connectivity index (χ3v) is 7.85. The first-order valence-electron chi connectivity index (χ1n) is 11.6. The summed E-state index contributed by atoms with van der Waals surface area (Å²) in [5, 5.41) is 15.0. The molecule has 1 saturated carbocycles. The van der Waals surface area contributed by atoms with Crippen molar-refractivity contribution in [2.75, 3.05) is 43.0 Å². The molecule has 4 nitrogen and oxygen atoms in total. The highest BCUT2D eigenvalue weighted by Crippen LogP contribution is 2.34. The van der Waals surface area contributed by atoms with Gasteiger partial charge in [-0.15, -0.1) is 0 Å². The molecule has 0 amide bonds. The van der Waals surface area contributed by atoms with E-state index < -0.39 is 0 Å². The van der Waals surface area contributed by atoms with Crippen molar-refractivity contribution in [1.29, 1.82) is 0 Å². The number of benzene rings is 2. The molecule has 2 fully saturated rings. The van der Waals surface area contributed by atoms with E-state index in [1.54, 1.807) is 6.07 Å². The first kappa shape index (κ1) is 24.0. The molecular weight excluding hydrogens is 465 g/mol. The number of hydrogen-bond acceptors (Lipinski definition) is 4. The second kappa shape index (κ2) is 10.8. The lowest BCUT2D eigenvalue weighted by Gasteiger charge is -2.43. The summed E-state index contributed by atoms with van der Waals surface area (Å²) in [6, 6.07) is 12.4. The standard InChI is InChI=1S/C25H32Cl3N3O/c1-17(22-7-5-19(26)14-24(22)28)29-25-15-21(6-8-23(25)27)31-11-9-30(10-12-31)20-4-2-3-18(13-20)16-32/h5-8,14-15,17-18,20,29,32H,2-4,9-13,16H2,1H3/t17?,18-,20?/m1/s1. The maximum absolute atomic E-state index is 9.55. The van der Waals surface area contributed by atoms with Crippen molar-refractivity contribution in [2.24, 2.45) is 5.92 Å². The smallest absolute Gasteiger partial charge is 0.0639 e. The van der Waals surface area contributed by atoms with E-state index >= 15 is 0 Å². The van der Waals surface area contributed by atoms with Gasteiger partial charge in [0.05, 0.1) is 16.8 Å². The summed E-state index contributed by atoms with van der Waals surface area (Å²) in [6.07, 6.45) is 4.80. The van der Waals surface area contributed by atoms with Gasteiger partial charge in [-0.05, 0) is 68.0 Å². The molecule has 2 aromatic carbocycles. The zero-order valence-corrected chi connectivity index (χ0v) is 20.8. The Labute approximate surface area is 206 Å². The van der Waals surface area contributed by atoms with Crippen LogP contribution in [0.25, 0.3) is 0 Å². The lowest BCUT2D eigenvalue weighted by molar-refractivity contribution is 0.0961. The highest BCUT2D eigenvalue weighted by Gasteiger charge is 2.29. The third-order valence-electron chi connectivity index (χ3n) is 6.96. The average Bonchev–Trinajstić information content (AvgIpc) is 2.80. The molecule has 0 aromatic heterocycles. The molecule has 0 bridgehead atoms. The molecule has 2 N–H and O–H groups in total. The Balaban J connectivity index is 1.39. The van der Waals surface area contributed by atoms with Crippen LogP contribution in [-0.2, 0) is 0 Å². The summed E-state index contributed by atoms with van der Waals surface area (Å²) >= 11 is 19.0. The van der Waals surface area contributed by atoms with Crippen LogP contribution in [0.2, 0.25) is 15.1 Å². The van der Waals surface area contributed by atoms with Gasteiger partial charge < -0.3 is 15.3 Å². The number of halogens is 3. The minimum atomic E-state index is -0.00450. The molecule has 0 radical (unpaired) electrons. The summed E-state index contributed by atoms with van der Waals surface area (Å²) in [5.74, 6) is 0.479. The zero-order chi connectivity index (χ0) is 22.7. The highest BCUT2D eigenvalue weighted by atomic mass is 35.5. The van der Waals surface area contributed by atoms with Gasteiger partial charge in [-0.25, -0.2) is 0 Å². The molecule has 3 atom stereocenters. The highest BCUT2D eigenvalue weighted by molar-refractivity contribution is 6.35. The van der Waals surface area contributed by atoms with Crippen molar-refractivity contribution in [3.8, 4) is 0 Å². The number of anilines is 2. The minimum absolute atomic E-state index is 0.00450. The molecule has 32 heavy (non-hydrogen) atoms. The number of rotatable bonds is 6. The van der Waals surface area contributed by atoms with Crippen molar-refractivity contribution in [2.45, 2.75) is 44.7 Å². The normalized spacial score (nSPS) is 23.2. The number of aliphatic hydroxyl groups is 1. The van der Waals surface area contributed by atoms with Gasteiger partial charge in [0.25, 0.3) is 0 Å². The molecule has 2 aliphatic rings. The summed E-state index contributed by atoms with van der Waals surface area (Å²) in [5.41, 5.74) is 3.07. The van der Waals surface area contributed by atoms with Crippen LogP contribution < -0.4 is 10.2 Å². The number of nitrogens with one attached hydrogen (secondary N) is 1. The van der Waals surface area contributed by atoms with Gasteiger partial charge in [0.2, 0.25) is 0 Å². The van der Waals surface area contributed by atoms with Gasteiger partial charge in [0.15, 0.2) is 0 Å². The predicted octanol–water partition coefficient (Wildman–Crippen LogP) is 6.49. The average molecular weight is 497 g/mol. The van der Waals surface area contributed by atoms with E-state index in [9.17, 15) is 5.11 Å². The molecule has 2 aromatic rings. The third kappa shape index (κ3) is 5.66. The zero-order valence-electron chi connectivity index (χ0n) is 18.5. The Morgan fingerprint density at radius 2 is 1.78 bits per heavy atom. The van der Waals surface area contributed by atoms with Crippen LogP contribution in [0.15, 0.2) is 36.4 Å². The van der Waals surface area contributed by atoms with Crippen LogP contribution >= 0.6 is 34.8 Å². The maximum Gasteiger partial charge on any atom is 0.0639 e. The molecular formula is C25H32Cl3N3O. The minimum Gasteiger partial charge on any atom is -0.396 e. The van der Waals surface area contributed by atoms with Crippen molar-refractivity contribution >= 4 is 46.2 Å². The Morgan fingerprint density at radius 3 is 2.50 bits per heavy atom. The van der Waals surface area contributed by atoms with Gasteiger partial charge in [-0.3, -0.25) is 4.90 Å². The fourth-order valence-corrected chi connectivity index (χ4v) is 5.83. The molecule has 2 unspecified atom stereocenters. The second-order valence-electron chi connectivity index (χ2n) is 9.09. The van der Waals surface area contributed by atoms with Crippen LogP contribution in [-0.4, -0.2) is 48.8 Å². The van der Waals surface area contributed by atoms with Crippen LogP contribution in [0.4, 0.5) is 11.4 Å². The van der Waals surface area contributed by atoms with Crippen LogP contribution in [0.1, 0.15) is 44.2 Å². The fraction of sp³-hybridized carbons (Fsp3) is 0.520. The SMILES string of the molecule is CC(Nc1cc(N2CCN(C3CCC[C@@H](CO)C3)CC2)ccc1Cl)c1ccc(Cl)cc1Cl. The van der Waals surface area contributed by atoms with Gasteiger partial charge in [-0.2, -0.15) is 0 Å². The molecule has 7 heteroatoms. The molecule has 0 spiro atoms. The second-order valence-corrected chi connectivity index (χ2v) is 10.3. The van der Waals surface area contributed by atoms with Gasteiger partial charge in [-0.1, -0.05) is 47.3 Å². The van der Waals surface area contributed by atoms with E-state index in [1.807, 2.05) is 18.2 Å². The lowest BCUT2D eigenvalue weighted by Crippen LogP contribution is -2.51. The largest absolute Gasteiger partial charge is 0.396 e. The van der Waals surface area contributed by atoms with Crippen molar-refractivity contribution < 1.29 is 5.11 Å². The maximum atomic E-state index is 9.55. The van der Waals surface area contributed by atoms with E-state index in [0.717, 1.165) is 43.9 Å². The first-order valence-corrected chi connectivity index (χ1v) is 12.7. The number of hydrogen-bond donors (Lipinski definition) is 2. The van der Waals surface area contributed by atoms with Gasteiger partial charge in [0, 0.05) is 54.6 Å². The molecule has 4 rings (SSSR count). The van der Waals surface area contributed by atoms with Crippen LogP contribution in [0.5, 0.6) is 0 Å². The Bertz CT molecular complexity index is 917. The summed E-state index contributed by atoms with van der Waals surface area (Å²) in [7, 11) is 0. The van der Waals surface area contributed by atoms with E-state index in [2.05, 4.69) is 34.2 Å². The molecule has 1 aliphatic heterocycles. The summed E-state index contributed by atoms with van der Waals surface area (Å²) < 4.78 is 0. The number of piperazine rings is 1. The summed E-state index contributed by atoms with van der Waals surface area (Å²) in [4.78, 5) is 5.06. The Morgan fingerprint density at radius 1 is 1.00 bits per heavy atom. The quantitative estimate of drug-likeness (QED) is 0.479. The van der Waals surface area contributed by atoms with E-state index in [-0.39, 0.29) is 6.04 Å². The van der Waals surface area contributed by atoms with Gasteiger partial charge in [0.1, 0.15) is 0 Å².